The van der Waals surface area contributed by atoms with Crippen LogP contribution in [0.1, 0.15) is 27.2 Å². The third-order valence-corrected chi connectivity index (χ3v) is 0.682. The second kappa shape index (κ2) is 3.58. The quantitative estimate of drug-likeness (QED) is 0.587. The van der Waals surface area contributed by atoms with Crippen molar-refractivity contribution in [3.05, 3.63) is 0 Å². The van der Waals surface area contributed by atoms with Gasteiger partial charge in [0, 0.05) is 6.42 Å². The first-order chi connectivity index (χ1) is 3.42. The number of ketones is 1. The minimum atomic E-state index is -0.828. The van der Waals surface area contributed by atoms with E-state index in [0.29, 0.717) is 0 Å². The van der Waals surface area contributed by atoms with Crippen molar-refractivity contribution in [2.75, 3.05) is 0 Å². The lowest BCUT2D eigenvalue weighted by atomic mass is 10.0. The molecule has 3 nitrogen and oxygen atoms in total. The fourth-order valence-corrected chi connectivity index (χ4v) is 0.609. The van der Waals surface area contributed by atoms with Crippen LogP contribution >= 0.6 is 0 Å². The Hall–Kier alpha value is -0.410. The Bertz CT molecular complexity index is 93.7. The number of aliphatic hydroxyl groups is 1. The molecule has 0 aliphatic rings. The van der Waals surface area contributed by atoms with Crippen molar-refractivity contribution < 1.29 is 9.90 Å². The molecule has 0 saturated heterocycles. The molecule has 56 valence electrons. The number of hydrogen-bond donors (Lipinski definition) is 2. The number of carbonyl (C=O) groups is 1. The molecule has 0 saturated carbocycles. The lowest BCUT2D eigenvalue weighted by Gasteiger charge is -2.13. The average molecular weight is 133 g/mol. The van der Waals surface area contributed by atoms with E-state index in [4.69, 9.17) is 5.11 Å². The molecular weight excluding hydrogens is 118 g/mol. The van der Waals surface area contributed by atoms with E-state index < -0.39 is 5.60 Å². The first-order valence-electron chi connectivity index (χ1n) is 2.63. The van der Waals surface area contributed by atoms with Gasteiger partial charge in [0.05, 0.1) is 5.60 Å². The Morgan fingerprint density at radius 2 is 1.89 bits per heavy atom. The molecular formula is C6H15NO2. The maximum atomic E-state index is 10.3. The lowest BCUT2D eigenvalue weighted by molar-refractivity contribution is -0.120. The van der Waals surface area contributed by atoms with Crippen LogP contribution in [0.3, 0.4) is 0 Å². The summed E-state index contributed by atoms with van der Waals surface area (Å²) >= 11 is 0. The van der Waals surface area contributed by atoms with Crippen molar-refractivity contribution >= 4 is 5.78 Å². The lowest BCUT2D eigenvalue weighted by Crippen LogP contribution is -2.21. The molecule has 0 unspecified atom stereocenters. The highest BCUT2D eigenvalue weighted by molar-refractivity contribution is 5.76. The van der Waals surface area contributed by atoms with Crippen molar-refractivity contribution in [2.24, 2.45) is 0 Å². The van der Waals surface area contributed by atoms with Crippen LogP contribution in [0.4, 0.5) is 0 Å². The van der Waals surface area contributed by atoms with Gasteiger partial charge in [-0.25, -0.2) is 0 Å². The maximum Gasteiger partial charge on any atom is 0.132 e. The van der Waals surface area contributed by atoms with Crippen molar-refractivity contribution in [1.82, 2.24) is 6.15 Å². The van der Waals surface area contributed by atoms with Gasteiger partial charge in [0.25, 0.3) is 0 Å². The topological polar surface area (TPSA) is 72.3 Å². The van der Waals surface area contributed by atoms with Crippen LogP contribution in [0.15, 0.2) is 0 Å². The largest absolute Gasteiger partial charge is 0.390 e. The maximum absolute atomic E-state index is 10.3. The molecule has 0 spiro atoms. The molecule has 9 heavy (non-hydrogen) atoms. The van der Waals surface area contributed by atoms with Crippen LogP contribution in [-0.4, -0.2) is 16.5 Å². The van der Waals surface area contributed by atoms with Gasteiger partial charge in [0.2, 0.25) is 0 Å². The predicted octanol–water partition coefficient (Wildman–Crippen LogP) is 0.898. The summed E-state index contributed by atoms with van der Waals surface area (Å²) in [5.41, 5.74) is -0.828. The minimum absolute atomic E-state index is 0. The Kier molecular flexibility index (Phi) is 4.54. The summed E-state index contributed by atoms with van der Waals surface area (Å²) in [5, 5.41) is 8.97. The summed E-state index contributed by atoms with van der Waals surface area (Å²) in [7, 11) is 0. The van der Waals surface area contributed by atoms with Gasteiger partial charge in [-0.15, -0.1) is 0 Å². The van der Waals surface area contributed by atoms with E-state index in [1.807, 2.05) is 0 Å². The standard InChI is InChI=1S/C6H12O2.H3N/c1-5(7)4-6(2,3)8;/h8H,4H2,1-3H3;1H3. The van der Waals surface area contributed by atoms with Crippen LogP contribution in [0.5, 0.6) is 0 Å². The minimum Gasteiger partial charge on any atom is -0.390 e. The highest BCUT2D eigenvalue weighted by atomic mass is 16.3. The predicted molar refractivity (Wildman–Crippen MR) is 36.6 cm³/mol. The van der Waals surface area contributed by atoms with Gasteiger partial charge in [-0.05, 0) is 20.8 Å². The van der Waals surface area contributed by atoms with Crippen LogP contribution in [0, 0.1) is 0 Å². The molecule has 0 heterocycles. The van der Waals surface area contributed by atoms with Crippen molar-refractivity contribution in [1.29, 1.82) is 0 Å². The van der Waals surface area contributed by atoms with E-state index in [9.17, 15) is 4.79 Å². The molecule has 0 amide bonds. The molecule has 0 aromatic heterocycles. The highest BCUT2D eigenvalue weighted by Gasteiger charge is 2.13. The number of Topliss-reactive ketones (excluding diaryl/α,β-unsaturated/α-hetero) is 1. The summed E-state index contributed by atoms with van der Waals surface area (Å²) in [6, 6.07) is 0. The van der Waals surface area contributed by atoms with Crippen LogP contribution in [-0.2, 0) is 4.79 Å². The van der Waals surface area contributed by atoms with Crippen LogP contribution in [0.2, 0.25) is 0 Å². The first kappa shape index (κ1) is 11.4. The third kappa shape index (κ3) is 11.3. The SMILES string of the molecule is CC(=O)CC(C)(C)O.N. The van der Waals surface area contributed by atoms with E-state index in [1.54, 1.807) is 13.8 Å². The molecule has 0 rings (SSSR count). The highest BCUT2D eigenvalue weighted by Crippen LogP contribution is 2.06. The van der Waals surface area contributed by atoms with Crippen molar-refractivity contribution in [3.63, 3.8) is 0 Å². The molecule has 3 heteroatoms. The van der Waals surface area contributed by atoms with Gasteiger partial charge in [-0.2, -0.15) is 0 Å². The Labute approximate surface area is 55.7 Å². The van der Waals surface area contributed by atoms with Gasteiger partial charge in [-0.3, -0.25) is 4.79 Å². The van der Waals surface area contributed by atoms with E-state index in [1.165, 1.54) is 6.92 Å². The van der Waals surface area contributed by atoms with Crippen molar-refractivity contribution in [3.8, 4) is 0 Å². The summed E-state index contributed by atoms with van der Waals surface area (Å²) in [5.74, 6) is 0.0255. The fourth-order valence-electron chi connectivity index (χ4n) is 0.609. The van der Waals surface area contributed by atoms with E-state index in [-0.39, 0.29) is 18.4 Å². The zero-order chi connectivity index (χ0) is 6.78. The summed E-state index contributed by atoms with van der Waals surface area (Å²) in [6.45, 7) is 4.71. The number of hydrogen-bond acceptors (Lipinski definition) is 3. The molecule has 0 aliphatic carbocycles. The third-order valence-electron chi connectivity index (χ3n) is 0.682. The molecule has 0 aromatic carbocycles. The summed E-state index contributed by atoms with van der Waals surface area (Å²) < 4.78 is 0. The molecule has 0 fully saturated rings. The van der Waals surface area contributed by atoms with Crippen LogP contribution < -0.4 is 6.15 Å². The van der Waals surface area contributed by atoms with E-state index in [0.717, 1.165) is 0 Å². The van der Waals surface area contributed by atoms with E-state index in [2.05, 4.69) is 0 Å². The molecule has 4 N–H and O–H groups in total. The summed E-state index contributed by atoms with van der Waals surface area (Å²) in [6.07, 6.45) is 0.243. The number of rotatable bonds is 2. The second-order valence-electron chi connectivity index (χ2n) is 2.69. The van der Waals surface area contributed by atoms with Gasteiger partial charge < -0.3 is 11.3 Å². The molecule has 0 aliphatic heterocycles. The van der Waals surface area contributed by atoms with E-state index >= 15 is 0 Å². The van der Waals surface area contributed by atoms with Gasteiger partial charge in [-0.1, -0.05) is 0 Å². The molecule has 0 bridgehead atoms. The zero-order valence-electron chi connectivity index (χ0n) is 6.27. The van der Waals surface area contributed by atoms with Gasteiger partial charge in [0.1, 0.15) is 5.78 Å². The normalized spacial score (nSPS) is 10.2. The average Bonchev–Trinajstić information content (AvgIpc) is 1.21. The first-order valence-corrected chi connectivity index (χ1v) is 2.63. The van der Waals surface area contributed by atoms with Crippen molar-refractivity contribution in [2.45, 2.75) is 32.8 Å². The monoisotopic (exact) mass is 133 g/mol. The Morgan fingerprint density at radius 1 is 1.56 bits per heavy atom. The molecule has 0 atom stereocenters. The van der Waals surface area contributed by atoms with Gasteiger partial charge >= 0.3 is 0 Å². The van der Waals surface area contributed by atoms with Crippen LogP contribution in [0.25, 0.3) is 0 Å². The molecule has 0 aromatic rings. The fraction of sp³-hybridized carbons (Fsp3) is 0.833. The Balaban J connectivity index is 0. The second-order valence-corrected chi connectivity index (χ2v) is 2.69. The summed E-state index contributed by atoms with van der Waals surface area (Å²) in [4.78, 5) is 10.3. The molecule has 0 radical (unpaired) electrons. The smallest absolute Gasteiger partial charge is 0.132 e. The zero-order valence-corrected chi connectivity index (χ0v) is 6.27. The Morgan fingerprint density at radius 3 is 1.89 bits per heavy atom. The van der Waals surface area contributed by atoms with Gasteiger partial charge in [0.15, 0.2) is 0 Å². The number of carbonyl (C=O) groups excluding carboxylic acids is 1.